The van der Waals surface area contributed by atoms with Crippen LogP contribution in [0.2, 0.25) is 5.02 Å². The first-order chi connectivity index (χ1) is 18.8. The number of alkyl halides is 1. The van der Waals surface area contributed by atoms with Gasteiger partial charge >= 0.3 is 5.97 Å². The molecule has 0 radical (unpaired) electrons. The van der Waals surface area contributed by atoms with Gasteiger partial charge in [0.25, 0.3) is 0 Å². The fraction of sp³-hybridized carbons (Fsp3) is 0.433. The first kappa shape index (κ1) is 31.5. The Morgan fingerprint density at radius 1 is 1.20 bits per heavy atom. The Labute approximate surface area is 243 Å². The monoisotopic (exact) mass is 591 g/mol. The van der Waals surface area contributed by atoms with E-state index in [4.69, 9.17) is 27.9 Å². The second-order valence-electron chi connectivity index (χ2n) is 11.3. The standard InChI is InChI=1S/C30H33Cl2F2N3O3/c1-17(15-31)23(34)13-30(16-35)24(14-29(2,3)4)37-26(25(30)21-12-19(32)8-11-22(21)33)27(38)36-20-9-6-18(7-10-20)28(39)40-5/h6-12,24-26,37H,13-15H2,1-5H3,(H,36,38)/t24-,25-,26+,30-/m0/s1. The van der Waals surface area contributed by atoms with Crippen LogP contribution >= 0.6 is 23.2 Å². The summed E-state index contributed by atoms with van der Waals surface area (Å²) >= 11 is 12.2. The number of benzene rings is 2. The Kier molecular flexibility index (Phi) is 9.99. The van der Waals surface area contributed by atoms with Crippen molar-refractivity contribution < 1.29 is 23.1 Å². The molecule has 0 saturated carbocycles. The molecule has 214 valence electrons. The highest BCUT2D eigenvalue weighted by molar-refractivity contribution is 6.30. The second-order valence-corrected chi connectivity index (χ2v) is 12.0. The summed E-state index contributed by atoms with van der Waals surface area (Å²) in [5, 5.41) is 17.0. The molecule has 2 aromatic rings. The number of nitrogens with one attached hydrogen (secondary N) is 2. The molecule has 0 aromatic heterocycles. The van der Waals surface area contributed by atoms with Gasteiger partial charge in [-0.2, -0.15) is 5.26 Å². The molecule has 6 nitrogen and oxygen atoms in total. The summed E-state index contributed by atoms with van der Waals surface area (Å²) in [4.78, 5) is 25.6. The zero-order valence-corrected chi connectivity index (χ0v) is 24.6. The first-order valence-corrected chi connectivity index (χ1v) is 13.7. The Balaban J connectivity index is 2.16. The molecule has 1 heterocycles. The summed E-state index contributed by atoms with van der Waals surface area (Å²) < 4.78 is 35.7. The predicted octanol–water partition coefficient (Wildman–Crippen LogP) is 7.15. The number of ether oxygens (including phenoxy) is 1. The van der Waals surface area contributed by atoms with E-state index in [2.05, 4.69) is 16.7 Å². The molecule has 0 unspecified atom stereocenters. The molecule has 10 heteroatoms. The van der Waals surface area contributed by atoms with Gasteiger partial charge in [0.05, 0.1) is 30.2 Å². The molecule has 40 heavy (non-hydrogen) atoms. The van der Waals surface area contributed by atoms with Crippen molar-refractivity contribution in [2.24, 2.45) is 10.8 Å². The molecule has 0 bridgehead atoms. The van der Waals surface area contributed by atoms with Crippen molar-refractivity contribution in [3.8, 4) is 6.07 Å². The third-order valence-corrected chi connectivity index (χ3v) is 7.81. The fourth-order valence-electron chi connectivity index (χ4n) is 5.19. The van der Waals surface area contributed by atoms with Gasteiger partial charge in [0, 0.05) is 35.0 Å². The van der Waals surface area contributed by atoms with E-state index in [0.717, 1.165) is 0 Å². The highest BCUT2D eigenvalue weighted by Gasteiger charge is 2.59. The highest BCUT2D eigenvalue weighted by atomic mass is 35.5. The zero-order valence-electron chi connectivity index (χ0n) is 23.1. The van der Waals surface area contributed by atoms with Crippen molar-refractivity contribution in [3.63, 3.8) is 0 Å². The largest absolute Gasteiger partial charge is 0.465 e. The molecule has 1 amide bonds. The van der Waals surface area contributed by atoms with Crippen molar-refractivity contribution in [2.75, 3.05) is 18.3 Å². The summed E-state index contributed by atoms with van der Waals surface area (Å²) in [6.07, 6.45) is 0.0219. The molecule has 1 fully saturated rings. The van der Waals surface area contributed by atoms with Crippen LogP contribution in [0, 0.1) is 28.0 Å². The van der Waals surface area contributed by atoms with E-state index < -0.39 is 46.9 Å². The fourth-order valence-corrected chi connectivity index (χ4v) is 5.52. The van der Waals surface area contributed by atoms with Gasteiger partial charge in [-0.25, -0.2) is 13.6 Å². The number of carbonyl (C=O) groups excluding carboxylic acids is 2. The molecule has 0 aliphatic carbocycles. The van der Waals surface area contributed by atoms with Crippen molar-refractivity contribution in [2.45, 2.75) is 58.5 Å². The topological polar surface area (TPSA) is 91.2 Å². The Morgan fingerprint density at radius 2 is 1.85 bits per heavy atom. The molecular weight excluding hydrogens is 559 g/mol. The van der Waals surface area contributed by atoms with Crippen molar-refractivity contribution in [1.29, 1.82) is 5.26 Å². The lowest BCUT2D eigenvalue weighted by Crippen LogP contribution is -2.43. The van der Waals surface area contributed by atoms with Crippen LogP contribution in [-0.2, 0) is 9.53 Å². The van der Waals surface area contributed by atoms with E-state index in [1.807, 2.05) is 20.8 Å². The number of carbonyl (C=O) groups is 2. The smallest absolute Gasteiger partial charge is 0.337 e. The van der Waals surface area contributed by atoms with Crippen LogP contribution in [-0.4, -0.2) is 36.9 Å². The van der Waals surface area contributed by atoms with Crippen LogP contribution in [0.15, 0.2) is 53.9 Å². The van der Waals surface area contributed by atoms with Crippen LogP contribution in [0.5, 0.6) is 0 Å². The third-order valence-electron chi connectivity index (χ3n) is 7.18. The number of hydrogen-bond acceptors (Lipinski definition) is 5. The van der Waals surface area contributed by atoms with Crippen molar-refractivity contribution in [1.82, 2.24) is 5.32 Å². The number of methoxy groups -OCH3 is 1. The predicted molar refractivity (Wildman–Crippen MR) is 153 cm³/mol. The summed E-state index contributed by atoms with van der Waals surface area (Å²) in [6, 6.07) is 10.5. The first-order valence-electron chi connectivity index (χ1n) is 12.8. The second kappa shape index (κ2) is 12.7. The lowest BCUT2D eigenvalue weighted by Gasteiger charge is -2.36. The van der Waals surface area contributed by atoms with E-state index in [1.54, 1.807) is 0 Å². The minimum absolute atomic E-state index is 0.0375. The normalized spacial score (nSPS) is 23.2. The van der Waals surface area contributed by atoms with Crippen LogP contribution < -0.4 is 10.6 Å². The minimum atomic E-state index is -1.56. The Morgan fingerprint density at radius 3 is 2.40 bits per heavy atom. The molecule has 2 N–H and O–H groups in total. The van der Waals surface area contributed by atoms with Crippen LogP contribution in [0.1, 0.15) is 62.4 Å². The van der Waals surface area contributed by atoms with Crippen LogP contribution in [0.4, 0.5) is 14.5 Å². The molecule has 1 aliphatic heterocycles. The van der Waals surface area contributed by atoms with E-state index in [9.17, 15) is 14.9 Å². The van der Waals surface area contributed by atoms with Gasteiger partial charge in [0.15, 0.2) is 0 Å². The van der Waals surface area contributed by atoms with Crippen LogP contribution in [0.25, 0.3) is 0 Å². The number of rotatable bonds is 8. The molecule has 2 aromatic carbocycles. The maximum atomic E-state index is 15.5. The minimum Gasteiger partial charge on any atom is -0.465 e. The molecule has 1 saturated heterocycles. The summed E-state index contributed by atoms with van der Waals surface area (Å²) in [6.45, 7) is 7.44. The summed E-state index contributed by atoms with van der Waals surface area (Å²) in [7, 11) is 1.26. The Hall–Kier alpha value is -2.99. The molecule has 0 spiro atoms. The highest BCUT2D eigenvalue weighted by Crippen LogP contribution is 2.54. The van der Waals surface area contributed by atoms with Gasteiger partial charge in [-0.05, 0) is 72.4 Å². The Bertz CT molecular complexity index is 1340. The van der Waals surface area contributed by atoms with Crippen LogP contribution in [0.3, 0.4) is 0 Å². The molecular formula is C30H33Cl2F2N3O3. The van der Waals surface area contributed by atoms with Gasteiger partial charge < -0.3 is 15.4 Å². The van der Waals surface area contributed by atoms with Gasteiger partial charge in [0.2, 0.25) is 5.91 Å². The molecule has 3 rings (SSSR count). The van der Waals surface area contributed by atoms with Gasteiger partial charge in [-0.3, -0.25) is 4.79 Å². The van der Waals surface area contributed by atoms with E-state index in [-0.39, 0.29) is 33.9 Å². The number of hydrogen-bond donors (Lipinski definition) is 2. The number of halogens is 4. The SMILES string of the molecule is COC(=O)c1ccc(NC(=O)[C@@H]2N[C@@H](CC(C)(C)C)[C@@](C#N)(CC(F)=C(C)CCl)[C@H]2c2cc(Cl)ccc2F)cc1. The average molecular weight is 593 g/mol. The van der Waals surface area contributed by atoms with Crippen molar-refractivity contribution in [3.05, 3.63) is 75.8 Å². The van der Waals surface area contributed by atoms with Crippen molar-refractivity contribution >= 4 is 40.8 Å². The van der Waals surface area contributed by atoms with Gasteiger partial charge in [-0.1, -0.05) is 32.4 Å². The maximum Gasteiger partial charge on any atom is 0.337 e. The number of anilines is 1. The summed E-state index contributed by atoms with van der Waals surface area (Å²) in [5.41, 5.74) is -0.925. The number of allylic oxidation sites excluding steroid dienone is 2. The van der Waals surface area contributed by atoms with E-state index in [0.29, 0.717) is 17.7 Å². The van der Waals surface area contributed by atoms with Gasteiger partial charge in [-0.15, -0.1) is 11.6 Å². The maximum absolute atomic E-state index is 15.5. The average Bonchev–Trinajstić information content (AvgIpc) is 3.21. The van der Waals surface area contributed by atoms with E-state index >= 15 is 8.78 Å². The molecule has 1 aliphatic rings. The number of esters is 1. The third kappa shape index (κ3) is 6.83. The quantitative estimate of drug-likeness (QED) is 0.251. The zero-order chi connectivity index (χ0) is 29.8. The number of nitriles is 1. The van der Waals surface area contributed by atoms with E-state index in [1.165, 1.54) is 56.5 Å². The molecule has 4 atom stereocenters. The lowest BCUT2D eigenvalue weighted by atomic mass is 9.64. The lowest BCUT2D eigenvalue weighted by molar-refractivity contribution is -0.118. The van der Waals surface area contributed by atoms with Gasteiger partial charge in [0.1, 0.15) is 11.6 Å². The number of amides is 1. The number of nitrogens with zero attached hydrogens (tertiary/aromatic N) is 1. The summed E-state index contributed by atoms with van der Waals surface area (Å²) in [5.74, 6) is -3.50.